The lowest BCUT2D eigenvalue weighted by molar-refractivity contribution is 0.102. The molecule has 1 heterocycles. The summed E-state index contributed by atoms with van der Waals surface area (Å²) in [4.78, 5) is 16.0. The molecule has 0 aliphatic rings. The van der Waals surface area contributed by atoms with E-state index < -0.39 is 0 Å². The maximum absolute atomic E-state index is 12.0. The Morgan fingerprint density at radius 2 is 1.90 bits per heavy atom. The van der Waals surface area contributed by atoms with Crippen molar-refractivity contribution in [1.29, 1.82) is 10.5 Å². The summed E-state index contributed by atoms with van der Waals surface area (Å²) in [5.74, 6) is -0.310. The van der Waals surface area contributed by atoms with Gasteiger partial charge in [-0.25, -0.2) is 0 Å². The van der Waals surface area contributed by atoms with Gasteiger partial charge >= 0.3 is 0 Å². The lowest BCUT2D eigenvalue weighted by Crippen LogP contribution is -2.12. The number of amides is 1. The van der Waals surface area contributed by atoms with Gasteiger partial charge in [0.15, 0.2) is 0 Å². The van der Waals surface area contributed by atoms with Crippen molar-refractivity contribution < 1.29 is 4.79 Å². The number of carbonyl (C=O) groups excluding carboxylic acids is 1. The van der Waals surface area contributed by atoms with Crippen molar-refractivity contribution in [2.24, 2.45) is 0 Å². The monoisotopic (exact) mass is 262 g/mol. The van der Waals surface area contributed by atoms with Crippen molar-refractivity contribution in [3.63, 3.8) is 0 Å². The molecule has 5 nitrogen and oxygen atoms in total. The highest BCUT2D eigenvalue weighted by Gasteiger charge is 2.08. The number of aromatic nitrogens is 1. The Balaban J connectivity index is 2.25. The minimum absolute atomic E-state index is 0.229. The first-order valence-electron chi connectivity index (χ1n) is 5.81. The van der Waals surface area contributed by atoms with E-state index in [1.54, 1.807) is 18.3 Å². The first-order chi connectivity index (χ1) is 9.63. The zero-order valence-electron chi connectivity index (χ0n) is 10.7. The Hall–Kier alpha value is -3.18. The Labute approximate surface area is 116 Å². The highest BCUT2D eigenvalue weighted by molar-refractivity contribution is 6.04. The summed E-state index contributed by atoms with van der Waals surface area (Å²) in [7, 11) is 0. The minimum atomic E-state index is -0.310. The number of pyridine rings is 1. The topological polar surface area (TPSA) is 89.6 Å². The Morgan fingerprint density at radius 1 is 1.15 bits per heavy atom. The zero-order valence-corrected chi connectivity index (χ0v) is 10.7. The molecule has 0 aliphatic carbocycles. The fourth-order valence-electron chi connectivity index (χ4n) is 1.69. The molecule has 0 unspecified atom stereocenters. The molecule has 2 rings (SSSR count). The van der Waals surface area contributed by atoms with Crippen LogP contribution in [0.1, 0.15) is 27.0 Å². The molecular weight excluding hydrogens is 252 g/mol. The minimum Gasteiger partial charge on any atom is -0.322 e. The number of nitrogens with zero attached hydrogens (tertiary/aromatic N) is 3. The van der Waals surface area contributed by atoms with Gasteiger partial charge in [-0.1, -0.05) is 0 Å². The number of aryl methyl sites for hydroxylation is 1. The number of nitriles is 2. The molecule has 1 N–H and O–H groups in total. The zero-order chi connectivity index (χ0) is 14.5. The van der Waals surface area contributed by atoms with Crippen LogP contribution in [0, 0.1) is 29.6 Å². The average Bonchev–Trinajstić information content (AvgIpc) is 2.47. The second-order valence-corrected chi connectivity index (χ2v) is 4.19. The van der Waals surface area contributed by atoms with Gasteiger partial charge in [0.05, 0.1) is 16.7 Å². The highest BCUT2D eigenvalue weighted by atomic mass is 16.1. The molecule has 0 fully saturated rings. The molecule has 20 heavy (non-hydrogen) atoms. The number of benzene rings is 1. The number of hydrogen-bond acceptors (Lipinski definition) is 4. The summed E-state index contributed by atoms with van der Waals surface area (Å²) in [6.07, 6.45) is 3.13. The first kappa shape index (κ1) is 13.3. The molecule has 0 saturated heterocycles. The highest BCUT2D eigenvalue weighted by Crippen LogP contribution is 2.15. The SMILES string of the molecule is Cc1cncc(C(=O)Nc2ccc(C#N)c(C#N)c2)c1. The fourth-order valence-corrected chi connectivity index (χ4v) is 1.69. The van der Waals surface area contributed by atoms with E-state index in [2.05, 4.69) is 10.3 Å². The molecule has 0 bridgehead atoms. The second kappa shape index (κ2) is 5.64. The van der Waals surface area contributed by atoms with E-state index in [0.29, 0.717) is 11.3 Å². The maximum Gasteiger partial charge on any atom is 0.257 e. The third-order valence-corrected chi connectivity index (χ3v) is 2.66. The van der Waals surface area contributed by atoms with Crippen LogP contribution in [0.3, 0.4) is 0 Å². The smallest absolute Gasteiger partial charge is 0.257 e. The summed E-state index contributed by atoms with van der Waals surface area (Å²) in [5, 5.41) is 20.4. The predicted molar refractivity (Wildman–Crippen MR) is 72.8 cm³/mol. The van der Waals surface area contributed by atoms with Gasteiger partial charge < -0.3 is 5.32 Å². The molecule has 1 amide bonds. The van der Waals surface area contributed by atoms with E-state index in [1.807, 2.05) is 19.1 Å². The Bertz CT molecular complexity index is 753. The molecule has 0 aliphatic heterocycles. The lowest BCUT2D eigenvalue weighted by Gasteiger charge is -2.06. The van der Waals surface area contributed by atoms with Gasteiger partial charge in [-0.2, -0.15) is 10.5 Å². The van der Waals surface area contributed by atoms with Gasteiger partial charge in [0.1, 0.15) is 12.1 Å². The number of carbonyl (C=O) groups is 1. The van der Waals surface area contributed by atoms with Crippen molar-refractivity contribution in [2.45, 2.75) is 6.92 Å². The van der Waals surface area contributed by atoms with Crippen LogP contribution < -0.4 is 5.32 Å². The van der Waals surface area contributed by atoms with E-state index in [1.165, 1.54) is 18.3 Å². The van der Waals surface area contributed by atoms with Crippen LogP contribution in [0.25, 0.3) is 0 Å². The number of anilines is 1. The van der Waals surface area contributed by atoms with Crippen LogP contribution >= 0.6 is 0 Å². The summed E-state index contributed by atoms with van der Waals surface area (Å²) in [5.41, 5.74) is 2.30. The van der Waals surface area contributed by atoms with E-state index in [9.17, 15) is 4.79 Å². The van der Waals surface area contributed by atoms with Gasteiger partial charge in [0.2, 0.25) is 0 Å². The molecule has 0 radical (unpaired) electrons. The quantitative estimate of drug-likeness (QED) is 0.899. The lowest BCUT2D eigenvalue weighted by atomic mass is 10.1. The third kappa shape index (κ3) is 2.80. The van der Waals surface area contributed by atoms with Gasteiger partial charge in [0, 0.05) is 18.1 Å². The van der Waals surface area contributed by atoms with Gasteiger partial charge in [0.25, 0.3) is 5.91 Å². The van der Waals surface area contributed by atoms with E-state index in [0.717, 1.165) is 5.56 Å². The third-order valence-electron chi connectivity index (χ3n) is 2.66. The largest absolute Gasteiger partial charge is 0.322 e. The molecule has 5 heteroatoms. The molecular formula is C15H10N4O. The van der Waals surface area contributed by atoms with Crippen LogP contribution in [0.4, 0.5) is 5.69 Å². The van der Waals surface area contributed by atoms with Crippen LogP contribution in [0.15, 0.2) is 36.7 Å². The molecule has 2 aromatic rings. The Morgan fingerprint density at radius 3 is 2.55 bits per heavy atom. The van der Waals surface area contributed by atoms with Crippen LogP contribution in [0.5, 0.6) is 0 Å². The average molecular weight is 262 g/mol. The predicted octanol–water partition coefficient (Wildman–Crippen LogP) is 2.39. The van der Waals surface area contributed by atoms with Gasteiger partial charge in [-0.05, 0) is 36.8 Å². The second-order valence-electron chi connectivity index (χ2n) is 4.19. The van der Waals surface area contributed by atoms with Gasteiger partial charge in [-0.3, -0.25) is 9.78 Å². The van der Waals surface area contributed by atoms with Crippen molar-refractivity contribution in [3.8, 4) is 12.1 Å². The molecule has 0 saturated carbocycles. The number of hydrogen-bond donors (Lipinski definition) is 1. The molecule has 0 spiro atoms. The van der Waals surface area contributed by atoms with E-state index >= 15 is 0 Å². The van der Waals surface area contributed by atoms with Crippen molar-refractivity contribution in [2.75, 3.05) is 5.32 Å². The Kier molecular flexibility index (Phi) is 3.74. The van der Waals surface area contributed by atoms with Crippen molar-refractivity contribution >= 4 is 11.6 Å². The normalized spacial score (nSPS) is 9.35. The van der Waals surface area contributed by atoms with E-state index in [-0.39, 0.29) is 17.0 Å². The fraction of sp³-hybridized carbons (Fsp3) is 0.0667. The van der Waals surface area contributed by atoms with Crippen LogP contribution in [-0.2, 0) is 0 Å². The molecule has 96 valence electrons. The molecule has 0 atom stereocenters. The summed E-state index contributed by atoms with van der Waals surface area (Å²) in [6, 6.07) is 10.1. The van der Waals surface area contributed by atoms with E-state index in [4.69, 9.17) is 10.5 Å². The molecule has 1 aromatic heterocycles. The summed E-state index contributed by atoms with van der Waals surface area (Å²) < 4.78 is 0. The maximum atomic E-state index is 12.0. The van der Waals surface area contributed by atoms with Crippen LogP contribution in [-0.4, -0.2) is 10.9 Å². The number of nitrogens with one attached hydrogen (secondary N) is 1. The first-order valence-corrected chi connectivity index (χ1v) is 5.81. The summed E-state index contributed by atoms with van der Waals surface area (Å²) in [6.45, 7) is 1.85. The number of rotatable bonds is 2. The van der Waals surface area contributed by atoms with Crippen molar-refractivity contribution in [3.05, 3.63) is 58.9 Å². The van der Waals surface area contributed by atoms with Gasteiger partial charge in [-0.15, -0.1) is 0 Å². The van der Waals surface area contributed by atoms with Crippen molar-refractivity contribution in [1.82, 2.24) is 4.98 Å². The summed E-state index contributed by atoms with van der Waals surface area (Å²) >= 11 is 0. The van der Waals surface area contributed by atoms with Crippen LogP contribution in [0.2, 0.25) is 0 Å². The standard InChI is InChI=1S/C15H10N4O/c1-10-4-13(9-18-8-10)15(20)19-14-3-2-11(6-16)12(5-14)7-17/h2-5,8-9H,1H3,(H,19,20). The molecule has 1 aromatic carbocycles.